The Hall–Kier alpha value is -2.10. The highest BCUT2D eigenvalue weighted by Crippen LogP contribution is 1.91. The summed E-state index contributed by atoms with van der Waals surface area (Å²) in [5.74, 6) is -0.703. The van der Waals surface area contributed by atoms with Crippen molar-refractivity contribution < 1.29 is 19.1 Å². The maximum absolute atomic E-state index is 10.5. The SMILES string of the molecule is CC(=O)OCCC/C=N/N(C#N)CCOC(C)=O. The number of carbonyl (C=O) groups excluding carboxylic acids is 2. The van der Waals surface area contributed by atoms with Gasteiger partial charge < -0.3 is 9.47 Å². The van der Waals surface area contributed by atoms with Crippen molar-refractivity contribution in [3.8, 4) is 6.19 Å². The minimum absolute atomic E-state index is 0.119. The monoisotopic (exact) mass is 255 g/mol. The van der Waals surface area contributed by atoms with Crippen molar-refractivity contribution in [3.05, 3.63) is 0 Å². The van der Waals surface area contributed by atoms with Crippen LogP contribution in [0.1, 0.15) is 26.7 Å². The lowest BCUT2D eigenvalue weighted by molar-refractivity contribution is -0.142. The van der Waals surface area contributed by atoms with E-state index in [-0.39, 0.29) is 19.1 Å². The third-order valence-corrected chi connectivity index (χ3v) is 1.73. The molecule has 7 nitrogen and oxygen atoms in total. The van der Waals surface area contributed by atoms with Gasteiger partial charge in [-0.2, -0.15) is 15.4 Å². The van der Waals surface area contributed by atoms with Crippen LogP contribution in [-0.4, -0.2) is 42.9 Å². The summed E-state index contributed by atoms with van der Waals surface area (Å²) < 4.78 is 9.41. The molecule has 0 heterocycles. The molecule has 0 spiro atoms. The normalized spacial score (nSPS) is 9.83. The number of ether oxygens (including phenoxy) is 2. The predicted octanol–water partition coefficient (Wildman–Crippen LogP) is 0.662. The summed E-state index contributed by atoms with van der Waals surface area (Å²) in [6, 6.07) is 0. The van der Waals surface area contributed by atoms with Crippen LogP contribution in [-0.2, 0) is 19.1 Å². The molecular weight excluding hydrogens is 238 g/mol. The number of hydrogen-bond donors (Lipinski definition) is 0. The van der Waals surface area contributed by atoms with Gasteiger partial charge in [-0.05, 0) is 12.8 Å². The molecule has 0 aliphatic carbocycles. The van der Waals surface area contributed by atoms with E-state index in [1.54, 1.807) is 6.21 Å². The predicted molar refractivity (Wildman–Crippen MR) is 63.3 cm³/mol. The summed E-state index contributed by atoms with van der Waals surface area (Å²) >= 11 is 0. The summed E-state index contributed by atoms with van der Waals surface area (Å²) in [6.45, 7) is 3.32. The van der Waals surface area contributed by atoms with Gasteiger partial charge in [-0.3, -0.25) is 9.59 Å². The molecule has 0 aromatic carbocycles. The van der Waals surface area contributed by atoms with Crippen molar-refractivity contribution in [2.24, 2.45) is 5.10 Å². The van der Waals surface area contributed by atoms with E-state index in [0.29, 0.717) is 19.4 Å². The van der Waals surface area contributed by atoms with E-state index in [9.17, 15) is 9.59 Å². The number of esters is 2. The third-order valence-electron chi connectivity index (χ3n) is 1.73. The van der Waals surface area contributed by atoms with Gasteiger partial charge in [-0.1, -0.05) is 0 Å². The topological polar surface area (TPSA) is 92.0 Å². The Morgan fingerprint density at radius 1 is 1.28 bits per heavy atom. The molecule has 0 atom stereocenters. The third kappa shape index (κ3) is 10.4. The van der Waals surface area contributed by atoms with Crippen LogP contribution in [0.15, 0.2) is 5.10 Å². The molecule has 18 heavy (non-hydrogen) atoms. The summed E-state index contributed by atoms with van der Waals surface area (Å²) in [4.78, 5) is 21.0. The number of unbranched alkanes of at least 4 members (excludes halogenated alkanes) is 1. The fourth-order valence-electron chi connectivity index (χ4n) is 0.956. The van der Waals surface area contributed by atoms with E-state index in [1.807, 2.05) is 6.19 Å². The lowest BCUT2D eigenvalue weighted by atomic mass is 10.3. The lowest BCUT2D eigenvalue weighted by Crippen LogP contribution is -2.18. The average molecular weight is 255 g/mol. The van der Waals surface area contributed by atoms with Crippen LogP contribution in [0, 0.1) is 11.5 Å². The van der Waals surface area contributed by atoms with Gasteiger partial charge in [0.05, 0.1) is 13.2 Å². The zero-order valence-corrected chi connectivity index (χ0v) is 10.6. The zero-order valence-electron chi connectivity index (χ0n) is 10.6. The lowest BCUT2D eigenvalue weighted by Gasteiger charge is -2.08. The molecule has 7 heteroatoms. The maximum atomic E-state index is 10.5. The second-order valence-corrected chi connectivity index (χ2v) is 3.34. The first-order valence-electron chi connectivity index (χ1n) is 5.52. The number of nitriles is 1. The highest BCUT2D eigenvalue weighted by atomic mass is 16.5. The minimum atomic E-state index is -0.391. The number of rotatable bonds is 8. The van der Waals surface area contributed by atoms with Crippen molar-refractivity contribution in [2.75, 3.05) is 19.8 Å². The molecule has 0 aliphatic rings. The van der Waals surface area contributed by atoms with Crippen molar-refractivity contribution >= 4 is 18.2 Å². The molecule has 0 saturated carbocycles. The fourth-order valence-corrected chi connectivity index (χ4v) is 0.956. The van der Waals surface area contributed by atoms with E-state index in [1.165, 1.54) is 13.8 Å². The van der Waals surface area contributed by atoms with Gasteiger partial charge in [0.15, 0.2) is 0 Å². The van der Waals surface area contributed by atoms with Crippen LogP contribution in [0.5, 0.6) is 0 Å². The van der Waals surface area contributed by atoms with Gasteiger partial charge >= 0.3 is 11.9 Å². The minimum Gasteiger partial charge on any atom is -0.466 e. The number of carbonyl (C=O) groups is 2. The van der Waals surface area contributed by atoms with Gasteiger partial charge in [0.2, 0.25) is 6.19 Å². The number of hydrogen-bond acceptors (Lipinski definition) is 7. The Bertz CT molecular complexity index is 336. The molecule has 0 N–H and O–H groups in total. The standard InChI is InChI=1S/C11H17N3O4/c1-10(15)17-7-4-3-5-13-14(9-12)6-8-18-11(2)16/h5H,3-4,6-8H2,1-2H3/b13-5+. The Morgan fingerprint density at radius 3 is 2.44 bits per heavy atom. The molecular formula is C11H17N3O4. The molecule has 0 aliphatic heterocycles. The Labute approximate surface area is 106 Å². The quantitative estimate of drug-likeness (QED) is 0.158. The first kappa shape index (κ1) is 15.9. The van der Waals surface area contributed by atoms with Crippen LogP contribution >= 0.6 is 0 Å². The van der Waals surface area contributed by atoms with E-state index < -0.39 is 5.97 Å². The van der Waals surface area contributed by atoms with Crippen LogP contribution in [0.3, 0.4) is 0 Å². The first-order chi connectivity index (χ1) is 8.56. The van der Waals surface area contributed by atoms with Crippen molar-refractivity contribution in [1.29, 1.82) is 5.26 Å². The second-order valence-electron chi connectivity index (χ2n) is 3.34. The Balaban J connectivity index is 3.68. The molecule has 0 rings (SSSR count). The Morgan fingerprint density at radius 2 is 1.89 bits per heavy atom. The fraction of sp³-hybridized carbons (Fsp3) is 0.636. The molecule has 0 aromatic heterocycles. The molecule has 0 bridgehead atoms. The van der Waals surface area contributed by atoms with Crippen molar-refractivity contribution in [1.82, 2.24) is 5.01 Å². The van der Waals surface area contributed by atoms with Crippen molar-refractivity contribution in [2.45, 2.75) is 26.7 Å². The molecule has 0 saturated heterocycles. The van der Waals surface area contributed by atoms with E-state index >= 15 is 0 Å². The zero-order chi connectivity index (χ0) is 13.8. The van der Waals surface area contributed by atoms with Crippen molar-refractivity contribution in [3.63, 3.8) is 0 Å². The van der Waals surface area contributed by atoms with Crippen LogP contribution in [0.25, 0.3) is 0 Å². The van der Waals surface area contributed by atoms with E-state index in [0.717, 1.165) is 5.01 Å². The maximum Gasteiger partial charge on any atom is 0.302 e. The molecule has 0 fully saturated rings. The molecule has 0 radical (unpaired) electrons. The van der Waals surface area contributed by atoms with E-state index in [4.69, 9.17) is 10.00 Å². The summed E-state index contributed by atoms with van der Waals surface area (Å²) in [7, 11) is 0. The van der Waals surface area contributed by atoms with Crippen LogP contribution < -0.4 is 0 Å². The van der Waals surface area contributed by atoms with E-state index in [2.05, 4.69) is 9.84 Å². The van der Waals surface area contributed by atoms with Gasteiger partial charge in [0.1, 0.15) is 6.61 Å². The van der Waals surface area contributed by atoms with Gasteiger partial charge in [-0.25, -0.2) is 0 Å². The smallest absolute Gasteiger partial charge is 0.302 e. The number of nitrogens with zero attached hydrogens (tertiary/aromatic N) is 3. The molecule has 0 unspecified atom stereocenters. The van der Waals surface area contributed by atoms with Crippen LogP contribution in [0.2, 0.25) is 0 Å². The molecule has 100 valence electrons. The Kier molecular flexibility index (Phi) is 8.90. The second kappa shape index (κ2) is 10.1. The molecule has 0 aromatic rings. The van der Waals surface area contributed by atoms with Gasteiger partial charge in [0, 0.05) is 20.1 Å². The average Bonchev–Trinajstić information content (AvgIpc) is 2.30. The highest BCUT2D eigenvalue weighted by molar-refractivity contribution is 5.66. The summed E-state index contributed by atoms with van der Waals surface area (Å²) in [5, 5.41) is 13.7. The number of hydrazone groups is 1. The summed E-state index contributed by atoms with van der Waals surface area (Å²) in [5.41, 5.74) is 0. The van der Waals surface area contributed by atoms with Gasteiger partial charge in [-0.15, -0.1) is 0 Å². The van der Waals surface area contributed by atoms with Gasteiger partial charge in [0.25, 0.3) is 0 Å². The summed E-state index contributed by atoms with van der Waals surface area (Å²) in [6.07, 6.45) is 4.64. The largest absolute Gasteiger partial charge is 0.466 e. The van der Waals surface area contributed by atoms with Crippen LogP contribution in [0.4, 0.5) is 0 Å². The molecule has 0 amide bonds. The first-order valence-corrected chi connectivity index (χ1v) is 5.52. The highest BCUT2D eigenvalue weighted by Gasteiger charge is 1.99.